The molecular formula is C14H23N. The summed E-state index contributed by atoms with van der Waals surface area (Å²) in [5.74, 6) is 3.19. The van der Waals surface area contributed by atoms with Crippen LogP contribution in [0, 0.1) is 17.8 Å². The Labute approximate surface area is 93.3 Å². The minimum Gasteiger partial charge on any atom is -0.310 e. The molecule has 0 spiro atoms. The van der Waals surface area contributed by atoms with Gasteiger partial charge in [0.05, 0.1) is 0 Å². The van der Waals surface area contributed by atoms with E-state index in [2.05, 4.69) is 17.5 Å². The number of allylic oxidation sites excluding steroid dienone is 1. The first kappa shape index (κ1) is 9.89. The van der Waals surface area contributed by atoms with Crippen LogP contribution in [-0.2, 0) is 0 Å². The molecule has 0 heterocycles. The smallest absolute Gasteiger partial charge is 0.0250 e. The number of hydrogen-bond acceptors (Lipinski definition) is 1. The predicted octanol–water partition coefficient (Wildman–Crippen LogP) is 3.12. The Bertz CT molecular complexity index is 246. The highest BCUT2D eigenvalue weighted by molar-refractivity contribution is 4.98. The van der Waals surface area contributed by atoms with Crippen LogP contribution in [0.4, 0.5) is 0 Å². The van der Waals surface area contributed by atoms with Gasteiger partial charge in [-0.15, -0.1) is 0 Å². The Morgan fingerprint density at radius 2 is 2.13 bits per heavy atom. The fraction of sp³-hybridized carbons (Fsp3) is 0.857. The van der Waals surface area contributed by atoms with E-state index in [-0.39, 0.29) is 0 Å². The number of rotatable bonds is 3. The first-order chi connectivity index (χ1) is 7.42. The molecule has 0 saturated heterocycles. The lowest BCUT2D eigenvalue weighted by atomic mass is 9.88. The highest BCUT2D eigenvalue weighted by atomic mass is 14.9. The quantitative estimate of drug-likeness (QED) is 0.698. The van der Waals surface area contributed by atoms with E-state index >= 15 is 0 Å². The zero-order valence-electron chi connectivity index (χ0n) is 9.62. The summed E-state index contributed by atoms with van der Waals surface area (Å²) in [6, 6.07) is 0.692. The largest absolute Gasteiger partial charge is 0.310 e. The molecule has 4 atom stereocenters. The molecule has 3 rings (SSSR count). The average molecular weight is 205 g/mol. The molecule has 2 fully saturated rings. The summed E-state index contributed by atoms with van der Waals surface area (Å²) in [6.45, 7) is 1.29. The molecular weight excluding hydrogens is 182 g/mol. The number of fused-ring (bicyclic) bond motifs is 2. The van der Waals surface area contributed by atoms with Crippen molar-refractivity contribution in [3.8, 4) is 0 Å². The maximum absolute atomic E-state index is 3.76. The van der Waals surface area contributed by atoms with Gasteiger partial charge in [-0.25, -0.2) is 0 Å². The van der Waals surface area contributed by atoms with E-state index in [1.54, 1.807) is 6.42 Å². The molecule has 1 N–H and O–H groups in total. The van der Waals surface area contributed by atoms with Gasteiger partial charge in [-0.05, 0) is 62.8 Å². The molecule has 3 aliphatic carbocycles. The van der Waals surface area contributed by atoms with Crippen LogP contribution in [-0.4, -0.2) is 12.6 Å². The lowest BCUT2D eigenvalue weighted by Crippen LogP contribution is -2.34. The minimum atomic E-state index is 0.692. The lowest BCUT2D eigenvalue weighted by Gasteiger charge is -2.25. The summed E-state index contributed by atoms with van der Waals surface area (Å²) in [5, 5.41) is 3.76. The molecule has 0 radical (unpaired) electrons. The van der Waals surface area contributed by atoms with Crippen molar-refractivity contribution in [1.82, 2.24) is 5.32 Å². The maximum atomic E-state index is 3.76. The van der Waals surface area contributed by atoms with Gasteiger partial charge in [0.25, 0.3) is 0 Å². The summed E-state index contributed by atoms with van der Waals surface area (Å²) in [7, 11) is 0. The fourth-order valence-corrected chi connectivity index (χ4v) is 3.91. The van der Waals surface area contributed by atoms with Gasteiger partial charge < -0.3 is 5.32 Å². The monoisotopic (exact) mass is 205 g/mol. The van der Waals surface area contributed by atoms with Crippen LogP contribution in [0.25, 0.3) is 0 Å². The van der Waals surface area contributed by atoms with Crippen molar-refractivity contribution in [3.05, 3.63) is 12.2 Å². The van der Waals surface area contributed by atoms with Crippen LogP contribution >= 0.6 is 0 Å². The number of nitrogens with one attached hydrogen (secondary N) is 1. The second-order valence-electron chi connectivity index (χ2n) is 5.81. The van der Waals surface area contributed by atoms with E-state index < -0.39 is 0 Å². The van der Waals surface area contributed by atoms with E-state index in [9.17, 15) is 0 Å². The van der Waals surface area contributed by atoms with Gasteiger partial charge in [-0.1, -0.05) is 18.6 Å². The highest BCUT2D eigenvalue weighted by Crippen LogP contribution is 2.47. The third-order valence-corrected chi connectivity index (χ3v) is 4.78. The first-order valence-corrected chi connectivity index (χ1v) is 6.82. The van der Waals surface area contributed by atoms with Crippen LogP contribution in [0.1, 0.15) is 44.9 Å². The summed E-state index contributed by atoms with van der Waals surface area (Å²) >= 11 is 0. The Hall–Kier alpha value is -0.300. The van der Waals surface area contributed by atoms with Gasteiger partial charge >= 0.3 is 0 Å². The third-order valence-electron chi connectivity index (χ3n) is 4.78. The molecule has 0 amide bonds. The topological polar surface area (TPSA) is 12.0 Å². The van der Waals surface area contributed by atoms with Crippen LogP contribution < -0.4 is 5.32 Å². The molecule has 0 aliphatic heterocycles. The highest BCUT2D eigenvalue weighted by Gasteiger charge is 2.39. The first-order valence-electron chi connectivity index (χ1n) is 6.82. The van der Waals surface area contributed by atoms with Gasteiger partial charge in [-0.2, -0.15) is 0 Å². The van der Waals surface area contributed by atoms with Crippen LogP contribution in [0.2, 0.25) is 0 Å². The van der Waals surface area contributed by atoms with E-state index in [0.29, 0.717) is 6.04 Å². The second kappa shape index (κ2) is 4.29. The predicted molar refractivity (Wildman–Crippen MR) is 63.7 cm³/mol. The van der Waals surface area contributed by atoms with Crippen LogP contribution in [0.15, 0.2) is 12.2 Å². The molecule has 2 saturated carbocycles. The Morgan fingerprint density at radius 1 is 1.13 bits per heavy atom. The van der Waals surface area contributed by atoms with Gasteiger partial charge in [0.2, 0.25) is 0 Å². The summed E-state index contributed by atoms with van der Waals surface area (Å²) in [4.78, 5) is 0. The summed E-state index contributed by atoms with van der Waals surface area (Å²) < 4.78 is 0. The van der Waals surface area contributed by atoms with Crippen molar-refractivity contribution < 1.29 is 0 Å². The Kier molecular flexibility index (Phi) is 2.83. The normalized spacial score (nSPS) is 43.7. The summed E-state index contributed by atoms with van der Waals surface area (Å²) in [5.41, 5.74) is 0. The van der Waals surface area contributed by atoms with Crippen molar-refractivity contribution in [2.24, 2.45) is 17.8 Å². The summed E-state index contributed by atoms with van der Waals surface area (Å²) in [6.07, 6.45) is 14.9. The van der Waals surface area contributed by atoms with Gasteiger partial charge in [0.15, 0.2) is 0 Å². The molecule has 4 unspecified atom stereocenters. The van der Waals surface area contributed by atoms with Gasteiger partial charge in [-0.3, -0.25) is 0 Å². The van der Waals surface area contributed by atoms with Crippen molar-refractivity contribution in [1.29, 1.82) is 0 Å². The fourth-order valence-electron chi connectivity index (χ4n) is 3.91. The molecule has 0 aromatic rings. The molecule has 3 aliphatic rings. The van der Waals surface area contributed by atoms with E-state index in [1.807, 2.05) is 0 Å². The Morgan fingerprint density at radius 3 is 2.80 bits per heavy atom. The molecule has 0 aromatic heterocycles. The van der Waals surface area contributed by atoms with E-state index in [1.165, 1.54) is 45.1 Å². The van der Waals surface area contributed by atoms with E-state index in [0.717, 1.165) is 17.8 Å². The van der Waals surface area contributed by atoms with E-state index in [4.69, 9.17) is 0 Å². The van der Waals surface area contributed by atoms with Crippen molar-refractivity contribution in [2.75, 3.05) is 6.54 Å². The molecule has 15 heavy (non-hydrogen) atoms. The standard InChI is InChI=1S/C14H23N/c1-2-4-14(5-3-1)15-10-13-9-11-6-7-12(13)8-11/h2,4,11-15H,1,3,5-10H2. The second-order valence-corrected chi connectivity index (χ2v) is 5.81. The molecule has 0 aromatic carbocycles. The van der Waals surface area contributed by atoms with Gasteiger partial charge in [0.1, 0.15) is 0 Å². The lowest BCUT2D eigenvalue weighted by molar-refractivity contribution is 0.309. The van der Waals surface area contributed by atoms with Crippen molar-refractivity contribution in [2.45, 2.75) is 51.0 Å². The molecule has 1 heteroatoms. The number of hydrogen-bond donors (Lipinski definition) is 1. The Balaban J connectivity index is 1.46. The zero-order valence-corrected chi connectivity index (χ0v) is 9.62. The molecule has 2 bridgehead atoms. The third kappa shape index (κ3) is 2.13. The minimum absolute atomic E-state index is 0.692. The van der Waals surface area contributed by atoms with Crippen LogP contribution in [0.5, 0.6) is 0 Å². The van der Waals surface area contributed by atoms with Gasteiger partial charge in [0, 0.05) is 6.04 Å². The zero-order chi connectivity index (χ0) is 10.1. The SMILES string of the molecule is C1=CC(NCC2CC3CCC2C3)CCC1. The van der Waals surface area contributed by atoms with Crippen molar-refractivity contribution >= 4 is 0 Å². The van der Waals surface area contributed by atoms with Crippen molar-refractivity contribution in [3.63, 3.8) is 0 Å². The molecule has 1 nitrogen and oxygen atoms in total. The molecule has 84 valence electrons. The van der Waals surface area contributed by atoms with Crippen LogP contribution in [0.3, 0.4) is 0 Å². The average Bonchev–Trinajstić information content (AvgIpc) is 2.89. The maximum Gasteiger partial charge on any atom is 0.0250 e.